The molecule has 0 spiro atoms. The van der Waals surface area contributed by atoms with Crippen molar-refractivity contribution in [2.24, 2.45) is 0 Å². The van der Waals surface area contributed by atoms with E-state index in [9.17, 15) is 4.79 Å². The fraction of sp³-hybridized carbons (Fsp3) is 0.333. The molecule has 0 unspecified atom stereocenters. The van der Waals surface area contributed by atoms with Crippen LogP contribution in [-0.2, 0) is 11.3 Å². The highest BCUT2D eigenvalue weighted by atomic mass is 16.4. The lowest BCUT2D eigenvalue weighted by Gasteiger charge is -2.24. The molecule has 0 amide bonds. The maximum absolute atomic E-state index is 10.9. The van der Waals surface area contributed by atoms with Crippen molar-refractivity contribution < 1.29 is 9.90 Å². The van der Waals surface area contributed by atoms with E-state index >= 15 is 0 Å². The van der Waals surface area contributed by atoms with Crippen molar-refractivity contribution in [1.29, 1.82) is 0 Å². The first-order valence-corrected chi connectivity index (χ1v) is 6.61. The van der Waals surface area contributed by atoms with Crippen LogP contribution in [0.2, 0.25) is 0 Å². The Hall–Kier alpha value is -2.14. The van der Waals surface area contributed by atoms with Crippen LogP contribution in [0.5, 0.6) is 0 Å². The molecule has 0 radical (unpaired) electrons. The summed E-state index contributed by atoms with van der Waals surface area (Å²) >= 11 is 0. The molecule has 0 bridgehead atoms. The molecule has 5 nitrogen and oxygen atoms in total. The van der Waals surface area contributed by atoms with Crippen molar-refractivity contribution >= 4 is 5.97 Å². The summed E-state index contributed by atoms with van der Waals surface area (Å²) in [4.78, 5) is 12.8. The number of aromatic nitrogens is 2. The molecule has 1 aromatic heterocycles. The molecule has 0 atom stereocenters. The van der Waals surface area contributed by atoms with Gasteiger partial charge in [-0.25, -0.2) is 4.68 Å². The van der Waals surface area contributed by atoms with Gasteiger partial charge in [0.25, 0.3) is 0 Å². The summed E-state index contributed by atoms with van der Waals surface area (Å²) in [6, 6.07) is 10.1. The molecule has 0 saturated heterocycles. The summed E-state index contributed by atoms with van der Waals surface area (Å²) < 4.78 is 1.79. The maximum Gasteiger partial charge on any atom is 0.317 e. The van der Waals surface area contributed by atoms with E-state index in [4.69, 9.17) is 5.11 Å². The molecule has 0 aliphatic carbocycles. The minimum atomic E-state index is -0.799. The van der Waals surface area contributed by atoms with Gasteiger partial charge in [0.2, 0.25) is 0 Å². The zero-order valence-electron chi connectivity index (χ0n) is 11.7. The molecule has 1 N–H and O–H groups in total. The predicted molar refractivity (Wildman–Crippen MR) is 76.7 cm³/mol. The highest BCUT2D eigenvalue weighted by Gasteiger charge is 2.13. The number of hydrogen-bond donors (Lipinski definition) is 1. The van der Waals surface area contributed by atoms with E-state index in [0.29, 0.717) is 6.54 Å². The van der Waals surface area contributed by atoms with Crippen LogP contribution in [0.15, 0.2) is 42.7 Å². The molecule has 5 heteroatoms. The fourth-order valence-electron chi connectivity index (χ4n) is 2.00. The Kier molecular flexibility index (Phi) is 4.53. The number of benzene rings is 1. The minimum absolute atomic E-state index is 0.0541. The lowest BCUT2D eigenvalue weighted by Crippen LogP contribution is -2.35. The summed E-state index contributed by atoms with van der Waals surface area (Å²) in [5.41, 5.74) is 2.09. The Morgan fingerprint density at radius 3 is 2.55 bits per heavy atom. The van der Waals surface area contributed by atoms with Crippen LogP contribution in [0.3, 0.4) is 0 Å². The van der Waals surface area contributed by atoms with E-state index < -0.39 is 5.97 Å². The molecular formula is C15H19N3O2. The SMILES string of the molecule is CC(C)N(CC(=O)O)Cc1ccc(-n2cccn2)cc1. The van der Waals surface area contributed by atoms with Crippen molar-refractivity contribution in [3.63, 3.8) is 0 Å². The van der Waals surface area contributed by atoms with E-state index in [1.807, 2.05) is 55.3 Å². The number of rotatable bonds is 6. The molecule has 0 aliphatic rings. The van der Waals surface area contributed by atoms with Crippen LogP contribution in [-0.4, -0.2) is 38.3 Å². The van der Waals surface area contributed by atoms with Crippen LogP contribution < -0.4 is 0 Å². The smallest absolute Gasteiger partial charge is 0.317 e. The molecule has 0 saturated carbocycles. The number of carbonyl (C=O) groups is 1. The summed E-state index contributed by atoms with van der Waals surface area (Å²) in [5.74, 6) is -0.799. The lowest BCUT2D eigenvalue weighted by atomic mass is 10.1. The van der Waals surface area contributed by atoms with E-state index in [1.54, 1.807) is 10.9 Å². The summed E-state index contributed by atoms with van der Waals surface area (Å²) in [7, 11) is 0. The Balaban J connectivity index is 2.07. The molecule has 1 aromatic carbocycles. The van der Waals surface area contributed by atoms with Crippen LogP contribution in [0.1, 0.15) is 19.4 Å². The Bertz CT molecular complexity index is 547. The van der Waals surface area contributed by atoms with Gasteiger partial charge >= 0.3 is 5.97 Å². The normalized spacial score (nSPS) is 11.2. The van der Waals surface area contributed by atoms with Crippen LogP contribution in [0.25, 0.3) is 5.69 Å². The Morgan fingerprint density at radius 2 is 2.05 bits per heavy atom. The average molecular weight is 273 g/mol. The molecule has 1 heterocycles. The van der Waals surface area contributed by atoms with Gasteiger partial charge in [0.15, 0.2) is 0 Å². The molecule has 106 valence electrons. The van der Waals surface area contributed by atoms with Crippen molar-refractivity contribution in [2.75, 3.05) is 6.54 Å². The predicted octanol–water partition coefficient (Wildman–Crippen LogP) is 2.17. The first-order chi connectivity index (χ1) is 9.56. The standard InChI is InChI=1S/C15H19N3O2/c1-12(2)17(11-15(19)20)10-13-4-6-14(7-5-13)18-9-3-8-16-18/h3-9,12H,10-11H2,1-2H3,(H,19,20). The third kappa shape index (κ3) is 3.68. The highest BCUT2D eigenvalue weighted by molar-refractivity contribution is 5.69. The number of carboxylic acid groups (broad SMARTS) is 1. The average Bonchev–Trinajstić information content (AvgIpc) is 2.92. The van der Waals surface area contributed by atoms with Gasteiger partial charge in [0.05, 0.1) is 12.2 Å². The topological polar surface area (TPSA) is 58.4 Å². The zero-order chi connectivity index (χ0) is 14.5. The third-order valence-corrected chi connectivity index (χ3v) is 3.16. The van der Waals surface area contributed by atoms with E-state index in [2.05, 4.69) is 5.10 Å². The number of aliphatic carboxylic acids is 1. The van der Waals surface area contributed by atoms with Gasteiger partial charge in [-0.05, 0) is 37.6 Å². The van der Waals surface area contributed by atoms with Crippen LogP contribution in [0.4, 0.5) is 0 Å². The molecule has 20 heavy (non-hydrogen) atoms. The molecule has 0 fully saturated rings. The molecule has 2 rings (SSSR count). The van der Waals surface area contributed by atoms with E-state index in [-0.39, 0.29) is 12.6 Å². The molecule has 2 aromatic rings. The maximum atomic E-state index is 10.9. The molecule has 0 aliphatic heterocycles. The van der Waals surface area contributed by atoms with Gasteiger partial charge in [-0.15, -0.1) is 0 Å². The summed E-state index contributed by atoms with van der Waals surface area (Å²) in [6.07, 6.45) is 3.63. The van der Waals surface area contributed by atoms with Crippen LogP contribution >= 0.6 is 0 Å². The van der Waals surface area contributed by atoms with Crippen LogP contribution in [0, 0.1) is 0 Å². The van der Waals surface area contributed by atoms with Gasteiger partial charge in [-0.3, -0.25) is 9.69 Å². The third-order valence-electron chi connectivity index (χ3n) is 3.16. The quantitative estimate of drug-likeness (QED) is 0.876. The monoisotopic (exact) mass is 273 g/mol. The fourth-order valence-corrected chi connectivity index (χ4v) is 2.00. The van der Waals surface area contributed by atoms with E-state index in [1.165, 1.54) is 0 Å². The van der Waals surface area contributed by atoms with Gasteiger partial charge in [0.1, 0.15) is 0 Å². The summed E-state index contributed by atoms with van der Waals surface area (Å²) in [6.45, 7) is 4.68. The Morgan fingerprint density at radius 1 is 1.35 bits per heavy atom. The number of nitrogens with zero attached hydrogens (tertiary/aromatic N) is 3. The first-order valence-electron chi connectivity index (χ1n) is 6.61. The van der Waals surface area contributed by atoms with Gasteiger partial charge < -0.3 is 5.11 Å². The zero-order valence-corrected chi connectivity index (χ0v) is 11.7. The van der Waals surface area contributed by atoms with Gasteiger partial charge in [-0.1, -0.05) is 12.1 Å². The van der Waals surface area contributed by atoms with Gasteiger partial charge in [-0.2, -0.15) is 5.10 Å². The van der Waals surface area contributed by atoms with E-state index in [0.717, 1.165) is 11.3 Å². The van der Waals surface area contributed by atoms with Crippen molar-refractivity contribution in [1.82, 2.24) is 14.7 Å². The highest BCUT2D eigenvalue weighted by Crippen LogP contribution is 2.12. The summed E-state index contributed by atoms with van der Waals surface area (Å²) in [5, 5.41) is 13.1. The number of carboxylic acids is 1. The van der Waals surface area contributed by atoms with Crippen molar-refractivity contribution in [3.05, 3.63) is 48.3 Å². The van der Waals surface area contributed by atoms with Gasteiger partial charge in [0, 0.05) is 25.0 Å². The first kappa shape index (κ1) is 14.3. The van der Waals surface area contributed by atoms with Crippen molar-refractivity contribution in [3.8, 4) is 5.69 Å². The van der Waals surface area contributed by atoms with Crippen molar-refractivity contribution in [2.45, 2.75) is 26.4 Å². The lowest BCUT2D eigenvalue weighted by molar-refractivity contribution is -0.138. The second-order valence-electron chi connectivity index (χ2n) is 5.01. The Labute approximate surface area is 118 Å². The minimum Gasteiger partial charge on any atom is -0.480 e. The second kappa shape index (κ2) is 6.34. The largest absolute Gasteiger partial charge is 0.480 e. The number of hydrogen-bond acceptors (Lipinski definition) is 3. The second-order valence-corrected chi connectivity index (χ2v) is 5.01. The molecular weight excluding hydrogens is 254 g/mol.